The third kappa shape index (κ3) is 4.65. The Labute approximate surface area is 207 Å². The summed E-state index contributed by atoms with van der Waals surface area (Å²) >= 11 is 1.28. The van der Waals surface area contributed by atoms with Crippen molar-refractivity contribution >= 4 is 27.3 Å². The molecule has 1 aromatic heterocycles. The molecule has 1 amide bonds. The van der Waals surface area contributed by atoms with Crippen molar-refractivity contribution in [3.05, 3.63) is 88.6 Å². The van der Waals surface area contributed by atoms with Crippen molar-refractivity contribution in [2.75, 3.05) is 0 Å². The fourth-order valence-corrected chi connectivity index (χ4v) is 5.92. The average Bonchev–Trinajstić information content (AvgIpc) is 3.25. The standard InChI is InChI=1S/C29H25FN2O2S/c30-25-15-14-21(20-12-10-19(17-31)11-13-20)16-22(25)18-32(23-6-2-1-3-7-23)29(34)28-27(33)24-8-4-5-9-26(24)35-28/h4-5,8-16,23,33H,1-3,6-7,18H2. The lowest BCUT2D eigenvalue weighted by Gasteiger charge is -2.34. The predicted molar refractivity (Wildman–Crippen MR) is 137 cm³/mol. The summed E-state index contributed by atoms with van der Waals surface area (Å²) in [6, 6.07) is 21.6. The molecule has 0 saturated heterocycles. The number of thiophene rings is 1. The quantitative estimate of drug-likeness (QED) is 0.324. The molecule has 0 unspecified atom stereocenters. The monoisotopic (exact) mass is 484 g/mol. The van der Waals surface area contributed by atoms with Crippen molar-refractivity contribution in [3.8, 4) is 22.9 Å². The number of nitrogens with zero attached hydrogens (tertiary/aromatic N) is 2. The molecule has 0 radical (unpaired) electrons. The van der Waals surface area contributed by atoms with Crippen molar-refractivity contribution in [2.24, 2.45) is 0 Å². The molecular formula is C29H25FN2O2S. The summed E-state index contributed by atoms with van der Waals surface area (Å²) in [6.07, 6.45) is 4.93. The lowest BCUT2D eigenvalue weighted by molar-refractivity contribution is 0.0614. The Hall–Kier alpha value is -3.69. The van der Waals surface area contributed by atoms with Gasteiger partial charge in [0.25, 0.3) is 5.91 Å². The van der Waals surface area contributed by atoms with Gasteiger partial charge in [-0.25, -0.2) is 4.39 Å². The summed E-state index contributed by atoms with van der Waals surface area (Å²) < 4.78 is 15.9. The zero-order valence-corrected chi connectivity index (χ0v) is 20.0. The van der Waals surface area contributed by atoms with Gasteiger partial charge in [0.1, 0.15) is 16.4 Å². The molecule has 1 N–H and O–H groups in total. The maximum atomic E-state index is 15.0. The fraction of sp³-hybridized carbons (Fsp3) is 0.241. The number of aromatic hydroxyl groups is 1. The number of hydrogen-bond acceptors (Lipinski definition) is 4. The Balaban J connectivity index is 1.51. The van der Waals surface area contributed by atoms with Crippen LogP contribution in [0.1, 0.15) is 52.9 Å². The third-order valence-corrected chi connectivity index (χ3v) is 7.92. The highest BCUT2D eigenvalue weighted by Crippen LogP contribution is 2.39. The topological polar surface area (TPSA) is 64.3 Å². The van der Waals surface area contributed by atoms with Crippen molar-refractivity contribution in [2.45, 2.75) is 44.7 Å². The second-order valence-electron chi connectivity index (χ2n) is 9.00. The molecule has 1 heterocycles. The Morgan fingerprint density at radius 2 is 1.74 bits per heavy atom. The number of nitriles is 1. The van der Waals surface area contributed by atoms with Crippen LogP contribution < -0.4 is 0 Å². The molecular weight excluding hydrogens is 459 g/mol. The van der Waals surface area contributed by atoms with E-state index in [-0.39, 0.29) is 30.1 Å². The van der Waals surface area contributed by atoms with Crippen LogP contribution in [-0.4, -0.2) is 22.0 Å². The molecule has 1 aliphatic rings. The molecule has 35 heavy (non-hydrogen) atoms. The highest BCUT2D eigenvalue weighted by molar-refractivity contribution is 7.21. The maximum absolute atomic E-state index is 15.0. The predicted octanol–water partition coefficient (Wildman–Crippen LogP) is 7.26. The van der Waals surface area contributed by atoms with E-state index in [1.165, 1.54) is 17.4 Å². The van der Waals surface area contributed by atoms with Crippen LogP contribution in [0.3, 0.4) is 0 Å². The zero-order valence-electron chi connectivity index (χ0n) is 19.2. The first kappa shape index (κ1) is 23.1. The molecule has 4 nitrogen and oxygen atoms in total. The van der Waals surface area contributed by atoms with Crippen molar-refractivity contribution < 1.29 is 14.3 Å². The molecule has 5 rings (SSSR count). The first-order chi connectivity index (χ1) is 17.0. The summed E-state index contributed by atoms with van der Waals surface area (Å²) in [5.74, 6) is -0.612. The van der Waals surface area contributed by atoms with Crippen molar-refractivity contribution in [1.29, 1.82) is 5.26 Å². The van der Waals surface area contributed by atoms with Gasteiger partial charge >= 0.3 is 0 Å². The van der Waals surface area contributed by atoms with Crippen LogP contribution in [0.25, 0.3) is 21.2 Å². The van der Waals surface area contributed by atoms with E-state index >= 15 is 4.39 Å². The van der Waals surface area contributed by atoms with Gasteiger partial charge < -0.3 is 10.0 Å². The molecule has 0 atom stereocenters. The minimum Gasteiger partial charge on any atom is -0.506 e. The minimum atomic E-state index is -0.364. The number of benzene rings is 3. The first-order valence-electron chi connectivity index (χ1n) is 11.9. The molecule has 176 valence electrons. The Morgan fingerprint density at radius 1 is 1.03 bits per heavy atom. The van der Waals surface area contributed by atoms with Crippen LogP contribution in [0, 0.1) is 17.1 Å². The number of halogens is 1. The second kappa shape index (κ2) is 9.89. The van der Waals surface area contributed by atoms with Gasteiger partial charge in [-0.2, -0.15) is 5.26 Å². The molecule has 0 aliphatic heterocycles. The van der Waals surface area contributed by atoms with Crippen LogP contribution in [0.4, 0.5) is 4.39 Å². The van der Waals surface area contributed by atoms with Crippen LogP contribution in [0.5, 0.6) is 5.75 Å². The maximum Gasteiger partial charge on any atom is 0.268 e. The van der Waals surface area contributed by atoms with E-state index in [9.17, 15) is 9.90 Å². The molecule has 0 bridgehead atoms. The molecule has 1 aliphatic carbocycles. The molecule has 4 aromatic rings. The summed E-state index contributed by atoms with van der Waals surface area (Å²) in [4.78, 5) is 15.9. The normalized spacial score (nSPS) is 14.1. The van der Waals surface area contributed by atoms with E-state index in [1.54, 1.807) is 29.2 Å². The van der Waals surface area contributed by atoms with Gasteiger partial charge in [0.2, 0.25) is 0 Å². The van der Waals surface area contributed by atoms with E-state index in [0.717, 1.165) is 47.9 Å². The first-order valence-corrected chi connectivity index (χ1v) is 12.7. The highest BCUT2D eigenvalue weighted by Gasteiger charge is 2.30. The van der Waals surface area contributed by atoms with E-state index in [4.69, 9.17) is 5.26 Å². The molecule has 1 fully saturated rings. The number of fused-ring (bicyclic) bond motifs is 1. The molecule has 0 spiro atoms. The van der Waals surface area contributed by atoms with E-state index < -0.39 is 0 Å². The summed E-state index contributed by atoms with van der Waals surface area (Å²) in [7, 11) is 0. The van der Waals surface area contributed by atoms with E-state index in [1.807, 2.05) is 36.4 Å². The van der Waals surface area contributed by atoms with Gasteiger partial charge in [-0.15, -0.1) is 11.3 Å². The summed E-state index contributed by atoms with van der Waals surface area (Å²) in [6.45, 7) is 0.132. The van der Waals surface area contributed by atoms with Crippen molar-refractivity contribution in [3.63, 3.8) is 0 Å². The van der Waals surface area contributed by atoms with Gasteiger partial charge in [-0.05, 0) is 60.4 Å². The lowest BCUT2D eigenvalue weighted by Crippen LogP contribution is -2.40. The smallest absolute Gasteiger partial charge is 0.268 e. The third-order valence-electron chi connectivity index (χ3n) is 6.77. The number of amides is 1. The summed E-state index contributed by atoms with van der Waals surface area (Å²) in [5.41, 5.74) is 2.70. The van der Waals surface area contributed by atoms with Gasteiger partial charge in [-0.1, -0.05) is 49.6 Å². The molecule has 3 aromatic carbocycles. The molecule has 1 saturated carbocycles. The molecule has 6 heteroatoms. The van der Waals surface area contributed by atoms with Gasteiger partial charge in [-0.3, -0.25) is 4.79 Å². The number of rotatable bonds is 5. The van der Waals surface area contributed by atoms with Crippen LogP contribution >= 0.6 is 11.3 Å². The van der Waals surface area contributed by atoms with Crippen molar-refractivity contribution in [1.82, 2.24) is 4.90 Å². The largest absolute Gasteiger partial charge is 0.506 e. The van der Waals surface area contributed by atoms with Gasteiger partial charge in [0.15, 0.2) is 0 Å². The second-order valence-corrected chi connectivity index (χ2v) is 10.0. The minimum absolute atomic E-state index is 0.00108. The number of carbonyl (C=O) groups is 1. The number of carbonyl (C=O) groups excluding carboxylic acids is 1. The van der Waals surface area contributed by atoms with Crippen LogP contribution in [0.2, 0.25) is 0 Å². The van der Waals surface area contributed by atoms with E-state index in [2.05, 4.69) is 6.07 Å². The average molecular weight is 485 g/mol. The highest BCUT2D eigenvalue weighted by atomic mass is 32.1. The lowest BCUT2D eigenvalue weighted by atomic mass is 9.93. The fourth-order valence-electron chi connectivity index (χ4n) is 4.86. The SMILES string of the molecule is N#Cc1ccc(-c2ccc(F)c(CN(C(=O)c3sc4ccccc4c3O)C3CCCCC3)c2)cc1. The number of hydrogen-bond donors (Lipinski definition) is 1. The van der Waals surface area contributed by atoms with E-state index in [0.29, 0.717) is 21.4 Å². The van der Waals surface area contributed by atoms with Crippen LogP contribution in [-0.2, 0) is 6.54 Å². The van der Waals surface area contributed by atoms with Crippen LogP contribution in [0.15, 0.2) is 66.7 Å². The Morgan fingerprint density at radius 3 is 2.46 bits per heavy atom. The zero-order chi connectivity index (χ0) is 24.4. The summed E-state index contributed by atoms with van der Waals surface area (Å²) in [5, 5.41) is 20.6. The Bertz CT molecular complexity index is 1420. The van der Waals surface area contributed by atoms with Gasteiger partial charge in [0, 0.05) is 28.2 Å². The van der Waals surface area contributed by atoms with Gasteiger partial charge in [0.05, 0.1) is 11.6 Å². The Kier molecular flexibility index (Phi) is 6.52.